The highest BCUT2D eigenvalue weighted by Crippen LogP contribution is 2.24. The predicted molar refractivity (Wildman–Crippen MR) is 77.1 cm³/mol. The number of halogens is 2. The van der Waals surface area contributed by atoms with E-state index in [1.807, 2.05) is 12.1 Å². The molecule has 1 nitrogen and oxygen atoms in total. The van der Waals surface area contributed by atoms with Crippen LogP contribution in [0.5, 0.6) is 0 Å². The molecule has 1 rings (SSSR count). The molecule has 1 N–H and O–H groups in total. The van der Waals surface area contributed by atoms with Crippen molar-refractivity contribution >= 4 is 23.2 Å². The minimum atomic E-state index is 0.518. The Labute approximate surface area is 115 Å². The van der Waals surface area contributed by atoms with Gasteiger partial charge in [-0.15, -0.1) is 0 Å². The first-order valence-corrected chi connectivity index (χ1v) is 6.97. The van der Waals surface area contributed by atoms with Crippen LogP contribution in [0.3, 0.4) is 0 Å². The Morgan fingerprint density at radius 1 is 1.18 bits per heavy atom. The zero-order valence-corrected chi connectivity index (χ0v) is 12.3. The van der Waals surface area contributed by atoms with E-state index in [0.29, 0.717) is 22.0 Å². The standard InChI is InChI=1S/C14H21Cl2N/c1-4-7-17-11(3)10(2)8-12-5-6-13(15)14(16)9-12/h5-6,9-11,17H,4,7-8H2,1-3H3. The van der Waals surface area contributed by atoms with Crippen molar-refractivity contribution in [3.63, 3.8) is 0 Å². The van der Waals surface area contributed by atoms with Crippen LogP contribution < -0.4 is 5.32 Å². The summed E-state index contributed by atoms with van der Waals surface area (Å²) in [6, 6.07) is 6.41. The molecule has 3 heteroatoms. The van der Waals surface area contributed by atoms with E-state index in [1.165, 1.54) is 12.0 Å². The molecule has 0 radical (unpaired) electrons. The van der Waals surface area contributed by atoms with Gasteiger partial charge in [0.1, 0.15) is 0 Å². The highest BCUT2D eigenvalue weighted by molar-refractivity contribution is 6.42. The van der Waals surface area contributed by atoms with Gasteiger partial charge in [0.2, 0.25) is 0 Å². The van der Waals surface area contributed by atoms with Gasteiger partial charge in [-0.05, 0) is 49.9 Å². The lowest BCUT2D eigenvalue weighted by Crippen LogP contribution is -2.33. The third kappa shape index (κ3) is 4.87. The quantitative estimate of drug-likeness (QED) is 0.801. The average molecular weight is 274 g/mol. The van der Waals surface area contributed by atoms with Crippen molar-refractivity contribution in [2.24, 2.45) is 5.92 Å². The summed E-state index contributed by atoms with van der Waals surface area (Å²) in [5, 5.41) is 4.79. The molecule has 96 valence electrons. The molecule has 2 atom stereocenters. The fourth-order valence-electron chi connectivity index (χ4n) is 1.79. The lowest BCUT2D eigenvalue weighted by atomic mass is 9.95. The normalized spacial score (nSPS) is 14.6. The first-order chi connectivity index (χ1) is 8.04. The summed E-state index contributed by atoms with van der Waals surface area (Å²) in [6.07, 6.45) is 2.19. The molecule has 1 aromatic rings. The molecular weight excluding hydrogens is 253 g/mol. The molecule has 0 aliphatic carbocycles. The smallest absolute Gasteiger partial charge is 0.0595 e. The largest absolute Gasteiger partial charge is 0.314 e. The van der Waals surface area contributed by atoms with Gasteiger partial charge in [-0.25, -0.2) is 0 Å². The maximum absolute atomic E-state index is 6.01. The third-order valence-corrected chi connectivity index (χ3v) is 3.85. The van der Waals surface area contributed by atoms with E-state index in [1.54, 1.807) is 0 Å². The van der Waals surface area contributed by atoms with E-state index < -0.39 is 0 Å². The summed E-state index contributed by atoms with van der Waals surface area (Å²) >= 11 is 11.9. The van der Waals surface area contributed by atoms with Gasteiger partial charge in [0, 0.05) is 6.04 Å². The number of hydrogen-bond acceptors (Lipinski definition) is 1. The van der Waals surface area contributed by atoms with Crippen LogP contribution in [0, 0.1) is 5.92 Å². The van der Waals surface area contributed by atoms with Crippen molar-refractivity contribution in [1.82, 2.24) is 5.32 Å². The molecule has 0 saturated carbocycles. The Kier molecular flexibility index (Phi) is 6.32. The van der Waals surface area contributed by atoms with E-state index in [9.17, 15) is 0 Å². The van der Waals surface area contributed by atoms with Gasteiger partial charge >= 0.3 is 0 Å². The Morgan fingerprint density at radius 2 is 1.88 bits per heavy atom. The lowest BCUT2D eigenvalue weighted by Gasteiger charge is -2.21. The number of nitrogens with one attached hydrogen (secondary N) is 1. The van der Waals surface area contributed by atoms with Crippen molar-refractivity contribution in [2.45, 2.75) is 39.7 Å². The van der Waals surface area contributed by atoms with Gasteiger partial charge < -0.3 is 5.32 Å². The molecule has 17 heavy (non-hydrogen) atoms. The SMILES string of the molecule is CCCNC(C)C(C)Cc1ccc(Cl)c(Cl)c1. The topological polar surface area (TPSA) is 12.0 Å². The molecule has 0 fully saturated rings. The molecule has 0 aliphatic rings. The maximum atomic E-state index is 6.01. The number of hydrogen-bond donors (Lipinski definition) is 1. The molecular formula is C14H21Cl2N. The number of rotatable bonds is 6. The summed E-state index contributed by atoms with van der Waals surface area (Å²) in [7, 11) is 0. The molecule has 0 bridgehead atoms. The van der Waals surface area contributed by atoms with Crippen LogP contribution in [0.25, 0.3) is 0 Å². The number of benzene rings is 1. The van der Waals surface area contributed by atoms with E-state index >= 15 is 0 Å². The Morgan fingerprint density at radius 3 is 2.47 bits per heavy atom. The summed E-state index contributed by atoms with van der Waals surface area (Å²) in [6.45, 7) is 7.75. The molecule has 0 spiro atoms. The molecule has 0 amide bonds. The zero-order valence-electron chi connectivity index (χ0n) is 10.8. The van der Waals surface area contributed by atoms with Crippen LogP contribution >= 0.6 is 23.2 Å². The summed E-state index contributed by atoms with van der Waals surface area (Å²) in [5.74, 6) is 0.582. The summed E-state index contributed by atoms with van der Waals surface area (Å²) < 4.78 is 0. The summed E-state index contributed by atoms with van der Waals surface area (Å²) in [4.78, 5) is 0. The molecule has 0 saturated heterocycles. The minimum absolute atomic E-state index is 0.518. The Hall–Kier alpha value is -0.240. The molecule has 0 aromatic heterocycles. The van der Waals surface area contributed by atoms with Crippen LogP contribution in [0.1, 0.15) is 32.8 Å². The monoisotopic (exact) mass is 273 g/mol. The zero-order chi connectivity index (χ0) is 12.8. The van der Waals surface area contributed by atoms with E-state index in [-0.39, 0.29) is 0 Å². The van der Waals surface area contributed by atoms with Gasteiger partial charge in [-0.2, -0.15) is 0 Å². The van der Waals surface area contributed by atoms with Gasteiger partial charge in [-0.1, -0.05) is 43.1 Å². The van der Waals surface area contributed by atoms with Crippen LogP contribution in [-0.2, 0) is 6.42 Å². The van der Waals surface area contributed by atoms with E-state index in [4.69, 9.17) is 23.2 Å². The van der Waals surface area contributed by atoms with Crippen molar-refractivity contribution < 1.29 is 0 Å². The molecule has 1 aromatic carbocycles. The first-order valence-electron chi connectivity index (χ1n) is 6.22. The van der Waals surface area contributed by atoms with Crippen LogP contribution in [0.15, 0.2) is 18.2 Å². The van der Waals surface area contributed by atoms with Crippen molar-refractivity contribution in [3.8, 4) is 0 Å². The van der Waals surface area contributed by atoms with Crippen LogP contribution in [-0.4, -0.2) is 12.6 Å². The fraction of sp³-hybridized carbons (Fsp3) is 0.571. The lowest BCUT2D eigenvalue weighted by molar-refractivity contribution is 0.399. The second-order valence-electron chi connectivity index (χ2n) is 4.67. The Bertz CT molecular complexity index is 352. The maximum Gasteiger partial charge on any atom is 0.0595 e. The molecule has 0 aliphatic heterocycles. The van der Waals surface area contributed by atoms with E-state index in [0.717, 1.165) is 13.0 Å². The van der Waals surface area contributed by atoms with Gasteiger partial charge in [0.15, 0.2) is 0 Å². The van der Waals surface area contributed by atoms with Crippen molar-refractivity contribution in [2.75, 3.05) is 6.54 Å². The third-order valence-electron chi connectivity index (χ3n) is 3.11. The predicted octanol–water partition coefficient (Wildman–Crippen LogP) is 4.56. The molecule has 2 unspecified atom stereocenters. The summed E-state index contributed by atoms with van der Waals surface area (Å²) in [5.41, 5.74) is 1.25. The van der Waals surface area contributed by atoms with Gasteiger partial charge in [0.05, 0.1) is 10.0 Å². The highest BCUT2D eigenvalue weighted by Gasteiger charge is 2.12. The Balaban J connectivity index is 2.55. The van der Waals surface area contributed by atoms with Gasteiger partial charge in [-0.3, -0.25) is 0 Å². The van der Waals surface area contributed by atoms with Crippen molar-refractivity contribution in [1.29, 1.82) is 0 Å². The fourth-order valence-corrected chi connectivity index (χ4v) is 2.11. The minimum Gasteiger partial charge on any atom is -0.314 e. The van der Waals surface area contributed by atoms with Gasteiger partial charge in [0.25, 0.3) is 0 Å². The van der Waals surface area contributed by atoms with Crippen LogP contribution in [0.4, 0.5) is 0 Å². The second kappa shape index (κ2) is 7.25. The average Bonchev–Trinajstić information content (AvgIpc) is 2.30. The highest BCUT2D eigenvalue weighted by atomic mass is 35.5. The van der Waals surface area contributed by atoms with Crippen LogP contribution in [0.2, 0.25) is 10.0 Å². The second-order valence-corrected chi connectivity index (χ2v) is 5.49. The first kappa shape index (κ1) is 14.8. The van der Waals surface area contributed by atoms with E-state index in [2.05, 4.69) is 32.2 Å². The van der Waals surface area contributed by atoms with Crippen molar-refractivity contribution in [3.05, 3.63) is 33.8 Å². The molecule has 0 heterocycles.